The van der Waals surface area contributed by atoms with Gasteiger partial charge in [-0.1, -0.05) is 36.9 Å². The van der Waals surface area contributed by atoms with Crippen molar-refractivity contribution in [2.75, 3.05) is 31.1 Å². The summed E-state index contributed by atoms with van der Waals surface area (Å²) in [6.45, 7) is 6.47. The Kier molecular flexibility index (Phi) is 5.45. The molecule has 3 aromatic rings. The highest BCUT2D eigenvalue weighted by Gasteiger charge is 2.28. The van der Waals surface area contributed by atoms with Crippen molar-refractivity contribution in [3.05, 3.63) is 65.7 Å². The van der Waals surface area contributed by atoms with Crippen LogP contribution in [0.25, 0.3) is 11.1 Å². The van der Waals surface area contributed by atoms with Gasteiger partial charge in [-0.25, -0.2) is 4.98 Å². The summed E-state index contributed by atoms with van der Waals surface area (Å²) in [5.41, 5.74) is 3.29. The fourth-order valence-electron chi connectivity index (χ4n) is 4.69. The van der Waals surface area contributed by atoms with E-state index in [2.05, 4.69) is 35.7 Å². The second kappa shape index (κ2) is 8.53. The summed E-state index contributed by atoms with van der Waals surface area (Å²) < 4.78 is 6.24. The molecule has 2 aromatic heterocycles. The van der Waals surface area contributed by atoms with Gasteiger partial charge in [-0.05, 0) is 37.3 Å². The molecule has 5 rings (SSSR count). The molecule has 6 heteroatoms. The topological polar surface area (TPSA) is 62.5 Å². The molecule has 0 atom stereocenters. The normalized spacial score (nSPS) is 16.4. The molecule has 3 heterocycles. The third kappa shape index (κ3) is 3.94. The van der Waals surface area contributed by atoms with Crippen LogP contribution in [0.1, 0.15) is 35.6 Å². The molecule has 1 aliphatic heterocycles. The van der Waals surface area contributed by atoms with Crippen LogP contribution in [0.4, 0.5) is 5.82 Å². The molecule has 2 aliphatic rings. The molecule has 0 saturated carbocycles. The monoisotopic (exact) mass is 416 g/mol. The van der Waals surface area contributed by atoms with Crippen LogP contribution in [0.5, 0.6) is 0 Å². The van der Waals surface area contributed by atoms with E-state index in [4.69, 9.17) is 14.4 Å². The van der Waals surface area contributed by atoms with E-state index in [0.29, 0.717) is 13.1 Å². The molecule has 6 nitrogen and oxygen atoms in total. The fraction of sp³-hybridized carbons (Fsp3) is 0.400. The summed E-state index contributed by atoms with van der Waals surface area (Å²) in [4.78, 5) is 26.0. The van der Waals surface area contributed by atoms with Gasteiger partial charge >= 0.3 is 0 Å². The van der Waals surface area contributed by atoms with Crippen LogP contribution in [-0.2, 0) is 30.5 Å². The number of furan rings is 1. The predicted molar refractivity (Wildman–Crippen MR) is 121 cm³/mol. The average Bonchev–Trinajstić information content (AvgIpc) is 3.21. The summed E-state index contributed by atoms with van der Waals surface area (Å²) in [5, 5.41) is 1.08. The van der Waals surface area contributed by atoms with Crippen LogP contribution < -0.4 is 4.90 Å². The van der Waals surface area contributed by atoms with Gasteiger partial charge in [0.25, 0.3) is 0 Å². The van der Waals surface area contributed by atoms with Gasteiger partial charge in [-0.3, -0.25) is 4.79 Å². The first kappa shape index (κ1) is 19.8. The zero-order valence-corrected chi connectivity index (χ0v) is 17.8. The van der Waals surface area contributed by atoms with Crippen LogP contribution in [-0.4, -0.2) is 47.0 Å². The second-order valence-electron chi connectivity index (χ2n) is 8.36. The van der Waals surface area contributed by atoms with E-state index in [1.807, 2.05) is 11.0 Å². The molecule has 0 bridgehead atoms. The standard InChI is InChI=1S/C25H28N4O2/c1-2-22(30)28-14-16-29(17-15-28)24-23-19-10-6-7-11-20(19)31-25(23)27-21(26-24)13-12-18-8-4-3-5-9-18/h2-5,8-9H,1,6-7,10-17H2. The number of carbonyl (C=O) groups excluding carboxylic acids is 1. The van der Waals surface area contributed by atoms with Gasteiger partial charge in [-0.2, -0.15) is 4.98 Å². The van der Waals surface area contributed by atoms with Gasteiger partial charge in [0.2, 0.25) is 11.6 Å². The number of piperazine rings is 1. The van der Waals surface area contributed by atoms with E-state index in [9.17, 15) is 4.79 Å². The van der Waals surface area contributed by atoms with Crippen molar-refractivity contribution >= 4 is 22.8 Å². The first-order valence-electron chi connectivity index (χ1n) is 11.2. The van der Waals surface area contributed by atoms with Gasteiger partial charge < -0.3 is 14.2 Å². The molecule has 0 spiro atoms. The minimum atomic E-state index is -0.00303. The van der Waals surface area contributed by atoms with Crippen molar-refractivity contribution in [1.29, 1.82) is 0 Å². The molecule has 1 aromatic carbocycles. The van der Waals surface area contributed by atoms with Crippen molar-refractivity contribution in [3.8, 4) is 0 Å². The Morgan fingerprint density at radius 2 is 1.81 bits per heavy atom. The number of anilines is 1. The maximum absolute atomic E-state index is 12.0. The quantitative estimate of drug-likeness (QED) is 0.593. The molecule has 1 aliphatic carbocycles. The minimum Gasteiger partial charge on any atom is -0.442 e. The molecular formula is C25H28N4O2. The van der Waals surface area contributed by atoms with Crippen LogP contribution in [0, 0.1) is 0 Å². The zero-order chi connectivity index (χ0) is 21.2. The first-order chi connectivity index (χ1) is 15.2. The Hall–Kier alpha value is -3.15. The number of fused-ring (bicyclic) bond motifs is 3. The van der Waals surface area contributed by atoms with E-state index in [1.54, 1.807) is 0 Å². The third-order valence-electron chi connectivity index (χ3n) is 6.39. The van der Waals surface area contributed by atoms with Gasteiger partial charge in [0.1, 0.15) is 17.4 Å². The Bertz CT molecular complexity index is 1100. The summed E-state index contributed by atoms with van der Waals surface area (Å²) >= 11 is 0. The van der Waals surface area contributed by atoms with Crippen LogP contribution >= 0.6 is 0 Å². The first-order valence-corrected chi connectivity index (χ1v) is 11.2. The molecule has 1 saturated heterocycles. The molecular weight excluding hydrogens is 388 g/mol. The highest BCUT2D eigenvalue weighted by molar-refractivity contribution is 5.91. The number of hydrogen-bond acceptors (Lipinski definition) is 5. The third-order valence-corrected chi connectivity index (χ3v) is 6.39. The van der Waals surface area contributed by atoms with Crippen molar-refractivity contribution in [2.45, 2.75) is 38.5 Å². The van der Waals surface area contributed by atoms with E-state index in [-0.39, 0.29) is 5.91 Å². The van der Waals surface area contributed by atoms with E-state index >= 15 is 0 Å². The number of benzene rings is 1. The number of carbonyl (C=O) groups is 1. The number of aryl methyl sites for hydroxylation is 4. The Morgan fingerprint density at radius 3 is 2.58 bits per heavy atom. The van der Waals surface area contributed by atoms with Crippen molar-refractivity contribution in [3.63, 3.8) is 0 Å². The summed E-state index contributed by atoms with van der Waals surface area (Å²) in [6, 6.07) is 10.4. The number of hydrogen-bond donors (Lipinski definition) is 0. The molecule has 1 fully saturated rings. The van der Waals surface area contributed by atoms with Crippen molar-refractivity contribution in [1.82, 2.24) is 14.9 Å². The van der Waals surface area contributed by atoms with Gasteiger partial charge in [0.05, 0.1) is 5.39 Å². The fourth-order valence-corrected chi connectivity index (χ4v) is 4.69. The Morgan fingerprint density at radius 1 is 1.03 bits per heavy atom. The van der Waals surface area contributed by atoms with Gasteiger partial charge in [0, 0.05) is 44.6 Å². The lowest BCUT2D eigenvalue weighted by atomic mass is 9.96. The average molecular weight is 417 g/mol. The molecule has 0 radical (unpaired) electrons. The largest absolute Gasteiger partial charge is 0.442 e. The van der Waals surface area contributed by atoms with Gasteiger partial charge in [-0.15, -0.1) is 0 Å². The lowest BCUT2D eigenvalue weighted by Gasteiger charge is -2.35. The van der Waals surface area contributed by atoms with E-state index in [1.165, 1.54) is 30.0 Å². The van der Waals surface area contributed by atoms with Gasteiger partial charge in [0.15, 0.2) is 0 Å². The van der Waals surface area contributed by atoms with E-state index < -0.39 is 0 Å². The maximum atomic E-state index is 12.0. The highest BCUT2D eigenvalue weighted by atomic mass is 16.3. The van der Waals surface area contributed by atoms with Crippen LogP contribution in [0.15, 0.2) is 47.4 Å². The van der Waals surface area contributed by atoms with Crippen molar-refractivity contribution in [2.24, 2.45) is 0 Å². The smallest absolute Gasteiger partial charge is 0.246 e. The minimum absolute atomic E-state index is 0.00303. The number of nitrogens with zero attached hydrogens (tertiary/aromatic N) is 4. The number of aromatic nitrogens is 2. The highest BCUT2D eigenvalue weighted by Crippen LogP contribution is 2.36. The molecule has 1 amide bonds. The molecule has 31 heavy (non-hydrogen) atoms. The van der Waals surface area contributed by atoms with Crippen molar-refractivity contribution < 1.29 is 9.21 Å². The second-order valence-corrected chi connectivity index (χ2v) is 8.36. The van der Waals surface area contributed by atoms with Crippen LogP contribution in [0.3, 0.4) is 0 Å². The predicted octanol–water partition coefficient (Wildman–Crippen LogP) is 3.72. The van der Waals surface area contributed by atoms with Crippen LogP contribution in [0.2, 0.25) is 0 Å². The SMILES string of the molecule is C=CC(=O)N1CCN(c2nc(CCc3ccccc3)nc3oc4c(c23)CCCC4)CC1. The Labute approximate surface area is 182 Å². The molecule has 160 valence electrons. The van der Waals surface area contributed by atoms with E-state index in [0.717, 1.165) is 67.3 Å². The summed E-state index contributed by atoms with van der Waals surface area (Å²) in [7, 11) is 0. The summed E-state index contributed by atoms with van der Waals surface area (Å²) in [5.74, 6) is 2.88. The number of amides is 1. The maximum Gasteiger partial charge on any atom is 0.246 e. The lowest BCUT2D eigenvalue weighted by molar-refractivity contribution is -0.126. The molecule has 0 N–H and O–H groups in total. The molecule has 0 unspecified atom stereocenters. The Balaban J connectivity index is 1.48. The number of rotatable bonds is 5. The zero-order valence-electron chi connectivity index (χ0n) is 17.8. The summed E-state index contributed by atoms with van der Waals surface area (Å²) in [6.07, 6.45) is 7.41. The lowest BCUT2D eigenvalue weighted by Crippen LogP contribution is -2.48.